The summed E-state index contributed by atoms with van der Waals surface area (Å²) in [5.74, 6) is 1.50. The van der Waals surface area contributed by atoms with E-state index >= 15 is 0 Å². The Hall–Kier alpha value is -1.07. The SMILES string of the molecule is NCC1CCCC1C(=O)NCc1cc(Br)cc2c1OCC2. The van der Waals surface area contributed by atoms with Crippen molar-refractivity contribution < 1.29 is 9.53 Å². The number of halogens is 1. The molecule has 0 spiro atoms. The number of hydrogen-bond donors (Lipinski definition) is 2. The molecule has 4 nitrogen and oxygen atoms in total. The molecule has 0 radical (unpaired) electrons. The quantitative estimate of drug-likeness (QED) is 0.874. The third-order valence-corrected chi connectivity index (χ3v) is 5.03. The highest BCUT2D eigenvalue weighted by Crippen LogP contribution is 2.34. The maximum Gasteiger partial charge on any atom is 0.223 e. The normalized spacial score (nSPS) is 23.7. The average Bonchev–Trinajstić information content (AvgIpc) is 3.12. The van der Waals surface area contributed by atoms with Crippen LogP contribution in [0.1, 0.15) is 30.4 Å². The van der Waals surface area contributed by atoms with Crippen molar-refractivity contribution in [3.63, 3.8) is 0 Å². The van der Waals surface area contributed by atoms with Gasteiger partial charge in [-0.2, -0.15) is 0 Å². The number of ether oxygens (including phenoxy) is 1. The van der Waals surface area contributed by atoms with Crippen LogP contribution in [0.15, 0.2) is 16.6 Å². The molecular weight excluding hydrogens is 332 g/mol. The zero-order valence-corrected chi connectivity index (χ0v) is 13.6. The first-order chi connectivity index (χ1) is 10.2. The number of nitrogens with two attached hydrogens (primary N) is 1. The number of amides is 1. The van der Waals surface area contributed by atoms with Crippen LogP contribution in [0.4, 0.5) is 0 Å². The molecule has 5 heteroatoms. The van der Waals surface area contributed by atoms with Crippen LogP contribution in [-0.4, -0.2) is 19.1 Å². The van der Waals surface area contributed by atoms with E-state index in [1.54, 1.807) is 0 Å². The first-order valence-corrected chi connectivity index (χ1v) is 8.40. The Morgan fingerprint density at radius 3 is 3.10 bits per heavy atom. The summed E-state index contributed by atoms with van der Waals surface area (Å²) >= 11 is 3.53. The molecule has 1 fully saturated rings. The first kappa shape index (κ1) is 14.9. The van der Waals surface area contributed by atoms with E-state index in [1.807, 2.05) is 6.07 Å². The number of hydrogen-bond acceptors (Lipinski definition) is 3. The van der Waals surface area contributed by atoms with Gasteiger partial charge in [0.15, 0.2) is 0 Å². The van der Waals surface area contributed by atoms with Gasteiger partial charge in [-0.05, 0) is 43.0 Å². The largest absolute Gasteiger partial charge is 0.493 e. The minimum atomic E-state index is 0.0797. The topological polar surface area (TPSA) is 64.4 Å². The second kappa shape index (κ2) is 6.36. The number of benzene rings is 1. The van der Waals surface area contributed by atoms with Crippen LogP contribution in [0.25, 0.3) is 0 Å². The average molecular weight is 353 g/mol. The summed E-state index contributed by atoms with van der Waals surface area (Å²) in [5, 5.41) is 3.07. The molecule has 2 aliphatic rings. The van der Waals surface area contributed by atoms with Crippen molar-refractivity contribution in [1.29, 1.82) is 0 Å². The molecule has 114 valence electrons. The van der Waals surface area contributed by atoms with Crippen molar-refractivity contribution in [2.24, 2.45) is 17.6 Å². The number of carbonyl (C=O) groups is 1. The number of nitrogens with one attached hydrogen (secondary N) is 1. The van der Waals surface area contributed by atoms with E-state index in [0.29, 0.717) is 19.0 Å². The fraction of sp³-hybridized carbons (Fsp3) is 0.562. The molecule has 1 amide bonds. The number of fused-ring (bicyclic) bond motifs is 1. The molecule has 3 rings (SSSR count). The van der Waals surface area contributed by atoms with Crippen LogP contribution in [0.2, 0.25) is 0 Å². The molecule has 3 N–H and O–H groups in total. The minimum absolute atomic E-state index is 0.0797. The van der Waals surface area contributed by atoms with E-state index in [0.717, 1.165) is 48.1 Å². The summed E-state index contributed by atoms with van der Waals surface area (Å²) in [7, 11) is 0. The lowest BCUT2D eigenvalue weighted by Gasteiger charge is -2.18. The molecule has 1 saturated carbocycles. The van der Waals surface area contributed by atoms with Gasteiger partial charge in [-0.15, -0.1) is 0 Å². The molecule has 0 bridgehead atoms. The number of rotatable bonds is 4. The van der Waals surface area contributed by atoms with Crippen LogP contribution in [0, 0.1) is 11.8 Å². The zero-order chi connectivity index (χ0) is 14.8. The van der Waals surface area contributed by atoms with Gasteiger partial charge in [-0.1, -0.05) is 22.4 Å². The van der Waals surface area contributed by atoms with Gasteiger partial charge in [-0.3, -0.25) is 4.79 Å². The molecule has 1 heterocycles. The van der Waals surface area contributed by atoms with Gasteiger partial charge in [0.1, 0.15) is 5.75 Å². The molecular formula is C16H21BrN2O2. The Morgan fingerprint density at radius 1 is 1.43 bits per heavy atom. The monoisotopic (exact) mass is 352 g/mol. The van der Waals surface area contributed by atoms with Crippen molar-refractivity contribution >= 4 is 21.8 Å². The minimum Gasteiger partial charge on any atom is -0.493 e. The smallest absolute Gasteiger partial charge is 0.223 e. The van der Waals surface area contributed by atoms with E-state index < -0.39 is 0 Å². The van der Waals surface area contributed by atoms with Crippen LogP contribution in [0.5, 0.6) is 5.75 Å². The molecule has 2 atom stereocenters. The van der Waals surface area contributed by atoms with Gasteiger partial charge in [0.05, 0.1) is 6.61 Å². The lowest BCUT2D eigenvalue weighted by atomic mass is 9.95. The Labute approximate surface area is 133 Å². The van der Waals surface area contributed by atoms with Crippen LogP contribution in [0.3, 0.4) is 0 Å². The lowest BCUT2D eigenvalue weighted by Crippen LogP contribution is -2.34. The summed E-state index contributed by atoms with van der Waals surface area (Å²) in [5.41, 5.74) is 8.02. The molecule has 1 aliphatic heterocycles. The highest BCUT2D eigenvalue weighted by molar-refractivity contribution is 9.10. The van der Waals surface area contributed by atoms with Crippen LogP contribution >= 0.6 is 15.9 Å². The van der Waals surface area contributed by atoms with Crippen molar-refractivity contribution in [3.8, 4) is 5.75 Å². The summed E-state index contributed by atoms with van der Waals surface area (Å²) in [4.78, 5) is 12.4. The summed E-state index contributed by atoms with van der Waals surface area (Å²) in [6.07, 6.45) is 4.08. The van der Waals surface area contributed by atoms with E-state index in [2.05, 4.69) is 27.3 Å². The molecule has 1 aliphatic carbocycles. The highest BCUT2D eigenvalue weighted by atomic mass is 79.9. The maximum absolute atomic E-state index is 12.4. The summed E-state index contributed by atoms with van der Waals surface area (Å²) < 4.78 is 6.73. The Bertz CT molecular complexity index is 547. The Kier molecular flexibility index (Phi) is 4.50. The fourth-order valence-corrected chi connectivity index (χ4v) is 4.01. The highest BCUT2D eigenvalue weighted by Gasteiger charge is 2.31. The molecule has 0 saturated heterocycles. The predicted octanol–water partition coefficient (Wildman–Crippen LogP) is 2.38. The lowest BCUT2D eigenvalue weighted by molar-refractivity contribution is -0.126. The molecule has 21 heavy (non-hydrogen) atoms. The van der Waals surface area contributed by atoms with Gasteiger partial charge in [-0.25, -0.2) is 0 Å². The molecule has 0 aromatic heterocycles. The third kappa shape index (κ3) is 3.09. The third-order valence-electron chi connectivity index (χ3n) is 4.58. The molecule has 2 unspecified atom stereocenters. The van der Waals surface area contributed by atoms with Crippen molar-refractivity contribution in [3.05, 3.63) is 27.7 Å². The van der Waals surface area contributed by atoms with E-state index in [4.69, 9.17) is 10.5 Å². The summed E-state index contributed by atoms with van der Waals surface area (Å²) in [6, 6.07) is 4.12. The van der Waals surface area contributed by atoms with Gasteiger partial charge in [0, 0.05) is 28.9 Å². The van der Waals surface area contributed by atoms with Gasteiger partial charge in [0.2, 0.25) is 5.91 Å². The van der Waals surface area contributed by atoms with E-state index in [9.17, 15) is 4.79 Å². The van der Waals surface area contributed by atoms with Crippen molar-refractivity contribution in [2.45, 2.75) is 32.2 Å². The second-order valence-electron chi connectivity index (χ2n) is 5.90. The molecule has 1 aromatic rings. The van der Waals surface area contributed by atoms with Crippen LogP contribution in [-0.2, 0) is 17.8 Å². The number of carbonyl (C=O) groups excluding carboxylic acids is 1. The Balaban J connectivity index is 1.67. The van der Waals surface area contributed by atoms with Crippen molar-refractivity contribution in [1.82, 2.24) is 5.32 Å². The second-order valence-corrected chi connectivity index (χ2v) is 6.82. The Morgan fingerprint density at radius 2 is 2.29 bits per heavy atom. The zero-order valence-electron chi connectivity index (χ0n) is 12.0. The van der Waals surface area contributed by atoms with E-state index in [1.165, 1.54) is 5.56 Å². The fourth-order valence-electron chi connectivity index (χ4n) is 3.45. The van der Waals surface area contributed by atoms with Gasteiger partial charge >= 0.3 is 0 Å². The maximum atomic E-state index is 12.4. The van der Waals surface area contributed by atoms with Gasteiger partial charge < -0.3 is 15.8 Å². The van der Waals surface area contributed by atoms with Gasteiger partial charge in [0.25, 0.3) is 0 Å². The standard InChI is InChI=1S/C16H21BrN2O2/c17-13-6-10-4-5-21-15(10)12(7-13)9-19-16(20)14-3-1-2-11(14)8-18/h6-7,11,14H,1-5,8-9,18H2,(H,19,20). The first-order valence-electron chi connectivity index (χ1n) is 7.61. The predicted molar refractivity (Wildman–Crippen MR) is 85.1 cm³/mol. The van der Waals surface area contributed by atoms with Crippen LogP contribution < -0.4 is 15.8 Å². The van der Waals surface area contributed by atoms with E-state index in [-0.39, 0.29) is 11.8 Å². The molecule has 1 aromatic carbocycles. The summed E-state index contributed by atoms with van der Waals surface area (Å²) in [6.45, 7) is 1.85. The van der Waals surface area contributed by atoms with Crippen molar-refractivity contribution in [2.75, 3.05) is 13.2 Å².